The summed E-state index contributed by atoms with van der Waals surface area (Å²) in [7, 11) is 0. The van der Waals surface area contributed by atoms with Crippen molar-refractivity contribution in [3.8, 4) is 0 Å². The lowest BCUT2D eigenvalue weighted by molar-refractivity contribution is -0.144. The second-order valence-electron chi connectivity index (χ2n) is 3.84. The highest BCUT2D eigenvalue weighted by atomic mass is 19.4. The third-order valence-electron chi connectivity index (χ3n) is 2.41. The molecule has 0 saturated heterocycles. The van der Waals surface area contributed by atoms with Crippen LogP contribution >= 0.6 is 0 Å². The third-order valence-corrected chi connectivity index (χ3v) is 2.41. The van der Waals surface area contributed by atoms with E-state index in [1.165, 1.54) is 0 Å². The summed E-state index contributed by atoms with van der Waals surface area (Å²) >= 11 is 0. The SMILES string of the molecule is CCOC(=O)C[C@@H](N)c1ccc(F)cc1C(F)(F)F. The Hall–Kier alpha value is -1.63. The van der Waals surface area contributed by atoms with Crippen LogP contribution in [0, 0.1) is 5.82 Å². The first kappa shape index (κ1) is 15.4. The largest absolute Gasteiger partial charge is 0.466 e. The van der Waals surface area contributed by atoms with Crippen LogP contribution in [0.1, 0.15) is 30.5 Å². The van der Waals surface area contributed by atoms with Gasteiger partial charge in [-0.25, -0.2) is 4.39 Å². The number of carbonyl (C=O) groups is 1. The van der Waals surface area contributed by atoms with Crippen molar-refractivity contribution < 1.29 is 27.1 Å². The first-order valence-electron chi connectivity index (χ1n) is 5.53. The zero-order valence-corrected chi connectivity index (χ0v) is 10.1. The smallest absolute Gasteiger partial charge is 0.416 e. The van der Waals surface area contributed by atoms with E-state index in [0.29, 0.717) is 6.07 Å². The lowest BCUT2D eigenvalue weighted by atomic mass is 9.98. The number of ether oxygens (including phenoxy) is 1. The molecule has 19 heavy (non-hydrogen) atoms. The van der Waals surface area contributed by atoms with Crippen LogP contribution in [0.4, 0.5) is 17.6 Å². The highest BCUT2D eigenvalue weighted by Crippen LogP contribution is 2.35. The van der Waals surface area contributed by atoms with E-state index in [9.17, 15) is 22.4 Å². The van der Waals surface area contributed by atoms with Crippen molar-refractivity contribution in [3.05, 3.63) is 35.1 Å². The Kier molecular flexibility index (Phi) is 4.88. The number of carbonyl (C=O) groups excluding carboxylic acids is 1. The summed E-state index contributed by atoms with van der Waals surface area (Å²) in [6.07, 6.45) is -5.13. The minimum absolute atomic E-state index is 0.112. The van der Waals surface area contributed by atoms with Crippen molar-refractivity contribution in [2.24, 2.45) is 5.73 Å². The fraction of sp³-hybridized carbons (Fsp3) is 0.417. The molecule has 1 aromatic rings. The van der Waals surface area contributed by atoms with Crippen LogP contribution in [0.5, 0.6) is 0 Å². The van der Waals surface area contributed by atoms with Crippen LogP contribution in [0.25, 0.3) is 0 Å². The molecule has 0 unspecified atom stereocenters. The minimum atomic E-state index is -4.73. The second kappa shape index (κ2) is 6.01. The molecule has 1 aromatic carbocycles. The maximum Gasteiger partial charge on any atom is 0.416 e. The predicted octanol–water partition coefficient (Wildman–Crippen LogP) is 2.80. The monoisotopic (exact) mass is 279 g/mol. The van der Waals surface area contributed by atoms with Crippen molar-refractivity contribution in [2.75, 3.05) is 6.61 Å². The van der Waals surface area contributed by atoms with E-state index in [-0.39, 0.29) is 12.2 Å². The van der Waals surface area contributed by atoms with Gasteiger partial charge in [0.25, 0.3) is 0 Å². The summed E-state index contributed by atoms with van der Waals surface area (Å²) in [4.78, 5) is 11.2. The Morgan fingerprint density at radius 2 is 2.05 bits per heavy atom. The van der Waals surface area contributed by atoms with Crippen LogP contribution in [0.3, 0.4) is 0 Å². The molecule has 2 N–H and O–H groups in total. The van der Waals surface area contributed by atoms with Gasteiger partial charge < -0.3 is 10.5 Å². The molecule has 0 aliphatic heterocycles. The summed E-state index contributed by atoms with van der Waals surface area (Å²) in [5.74, 6) is -1.72. The van der Waals surface area contributed by atoms with Crippen LogP contribution in [0.15, 0.2) is 18.2 Å². The van der Waals surface area contributed by atoms with E-state index in [2.05, 4.69) is 4.74 Å². The Balaban J connectivity index is 3.02. The first-order valence-corrected chi connectivity index (χ1v) is 5.53. The van der Waals surface area contributed by atoms with Crippen molar-refractivity contribution in [1.29, 1.82) is 0 Å². The van der Waals surface area contributed by atoms with Gasteiger partial charge in [-0.1, -0.05) is 6.07 Å². The van der Waals surface area contributed by atoms with Crippen LogP contribution in [-0.4, -0.2) is 12.6 Å². The molecule has 0 bridgehead atoms. The molecule has 3 nitrogen and oxygen atoms in total. The van der Waals surface area contributed by atoms with Crippen molar-refractivity contribution in [3.63, 3.8) is 0 Å². The normalized spacial score (nSPS) is 13.2. The molecular weight excluding hydrogens is 266 g/mol. The number of esters is 1. The topological polar surface area (TPSA) is 52.3 Å². The quantitative estimate of drug-likeness (QED) is 0.681. The number of hydrogen-bond donors (Lipinski definition) is 1. The highest BCUT2D eigenvalue weighted by Gasteiger charge is 2.35. The van der Waals surface area contributed by atoms with Gasteiger partial charge >= 0.3 is 12.1 Å². The van der Waals surface area contributed by atoms with Gasteiger partial charge in [-0.2, -0.15) is 13.2 Å². The van der Waals surface area contributed by atoms with Gasteiger partial charge in [-0.3, -0.25) is 4.79 Å². The van der Waals surface area contributed by atoms with Gasteiger partial charge in [0.05, 0.1) is 18.6 Å². The van der Waals surface area contributed by atoms with E-state index in [1.807, 2.05) is 0 Å². The molecule has 0 heterocycles. The van der Waals surface area contributed by atoms with Crippen molar-refractivity contribution in [2.45, 2.75) is 25.6 Å². The molecule has 0 aliphatic rings. The molecular formula is C12H13F4NO2. The second-order valence-corrected chi connectivity index (χ2v) is 3.84. The summed E-state index contributed by atoms with van der Waals surface area (Å²) in [5.41, 5.74) is 4.04. The van der Waals surface area contributed by atoms with E-state index in [4.69, 9.17) is 5.73 Å². The van der Waals surface area contributed by atoms with Gasteiger partial charge in [0.2, 0.25) is 0 Å². The molecule has 106 valence electrons. The molecule has 0 saturated carbocycles. The fourth-order valence-corrected chi connectivity index (χ4v) is 1.61. The molecule has 0 radical (unpaired) electrons. The Labute approximate surface area is 107 Å². The maximum absolute atomic E-state index is 12.9. The highest BCUT2D eigenvalue weighted by molar-refractivity contribution is 5.70. The Morgan fingerprint density at radius 3 is 2.58 bits per heavy atom. The standard InChI is InChI=1S/C12H13F4NO2/c1-2-19-11(18)6-10(17)8-4-3-7(13)5-9(8)12(14,15)16/h3-5,10H,2,6,17H2,1H3/t10-/m1/s1. The zero-order valence-electron chi connectivity index (χ0n) is 10.1. The lowest BCUT2D eigenvalue weighted by Crippen LogP contribution is -2.21. The number of halogens is 4. The number of nitrogens with two attached hydrogens (primary N) is 1. The number of rotatable bonds is 4. The molecule has 0 spiro atoms. The fourth-order valence-electron chi connectivity index (χ4n) is 1.61. The summed E-state index contributed by atoms with van der Waals surface area (Å²) < 4.78 is 55.7. The van der Waals surface area contributed by atoms with Crippen LogP contribution in [-0.2, 0) is 15.7 Å². The van der Waals surface area contributed by atoms with E-state index < -0.39 is 36.0 Å². The summed E-state index contributed by atoms with van der Waals surface area (Å²) in [6, 6.07) is 0.967. The zero-order chi connectivity index (χ0) is 14.6. The van der Waals surface area contributed by atoms with Crippen LogP contribution in [0.2, 0.25) is 0 Å². The average molecular weight is 279 g/mol. The predicted molar refractivity (Wildman–Crippen MR) is 59.6 cm³/mol. The molecule has 0 amide bonds. The van der Waals surface area contributed by atoms with Crippen LogP contribution < -0.4 is 5.73 Å². The van der Waals surface area contributed by atoms with E-state index in [0.717, 1.165) is 12.1 Å². The molecule has 1 rings (SSSR count). The Morgan fingerprint density at radius 1 is 1.42 bits per heavy atom. The van der Waals surface area contributed by atoms with Gasteiger partial charge in [0.1, 0.15) is 5.82 Å². The first-order chi connectivity index (χ1) is 8.75. The Bertz CT molecular complexity index is 460. The lowest BCUT2D eigenvalue weighted by Gasteiger charge is -2.17. The van der Waals surface area contributed by atoms with Gasteiger partial charge in [-0.05, 0) is 24.6 Å². The van der Waals surface area contributed by atoms with Crippen molar-refractivity contribution >= 4 is 5.97 Å². The summed E-state index contributed by atoms with van der Waals surface area (Å²) in [5, 5.41) is 0. The maximum atomic E-state index is 12.9. The van der Waals surface area contributed by atoms with E-state index >= 15 is 0 Å². The molecule has 0 fully saturated rings. The summed E-state index contributed by atoms with van der Waals surface area (Å²) in [6.45, 7) is 1.68. The molecule has 1 atom stereocenters. The molecule has 7 heteroatoms. The van der Waals surface area contributed by atoms with Crippen molar-refractivity contribution in [1.82, 2.24) is 0 Å². The number of benzene rings is 1. The van der Waals surface area contributed by atoms with Gasteiger partial charge in [0.15, 0.2) is 0 Å². The molecule has 0 aromatic heterocycles. The molecule has 0 aliphatic carbocycles. The number of hydrogen-bond acceptors (Lipinski definition) is 3. The van der Waals surface area contributed by atoms with Gasteiger partial charge in [-0.15, -0.1) is 0 Å². The van der Waals surface area contributed by atoms with Gasteiger partial charge in [0, 0.05) is 6.04 Å². The minimum Gasteiger partial charge on any atom is -0.466 e. The number of alkyl halides is 3. The van der Waals surface area contributed by atoms with E-state index in [1.54, 1.807) is 6.92 Å². The third kappa shape index (κ3) is 4.20. The average Bonchev–Trinajstić information content (AvgIpc) is 2.27.